The van der Waals surface area contributed by atoms with E-state index in [9.17, 15) is 0 Å². The number of aliphatic hydroxyl groups is 1. The second-order valence-electron chi connectivity index (χ2n) is 4.31. The van der Waals surface area contributed by atoms with Gasteiger partial charge in [0.05, 0.1) is 6.61 Å². The van der Waals surface area contributed by atoms with Crippen molar-refractivity contribution in [2.75, 3.05) is 0 Å². The lowest BCUT2D eigenvalue weighted by Gasteiger charge is -2.08. The molecule has 0 saturated carbocycles. The van der Waals surface area contributed by atoms with Crippen LogP contribution in [0.25, 0.3) is 0 Å². The zero-order valence-corrected chi connectivity index (χ0v) is 11.9. The number of hydrogen-bond donors (Lipinski definition) is 2. The topological polar surface area (TPSA) is 32.3 Å². The Morgan fingerprint density at radius 3 is 2.26 bits per heavy atom. The summed E-state index contributed by atoms with van der Waals surface area (Å²) in [5.41, 5.74) is 3.07. The van der Waals surface area contributed by atoms with E-state index >= 15 is 0 Å². The second-order valence-corrected chi connectivity index (χ2v) is 5.16. The van der Waals surface area contributed by atoms with Gasteiger partial charge in [0.15, 0.2) is 0 Å². The third-order valence-corrected chi connectivity index (χ3v) is 3.46. The molecule has 0 heterocycles. The van der Waals surface area contributed by atoms with Gasteiger partial charge in [-0.3, -0.25) is 0 Å². The van der Waals surface area contributed by atoms with Crippen LogP contribution in [-0.2, 0) is 19.7 Å². The first kappa shape index (κ1) is 14.4. The van der Waals surface area contributed by atoms with Crippen molar-refractivity contribution in [3.05, 3.63) is 69.2 Å². The Morgan fingerprint density at radius 2 is 1.58 bits per heavy atom. The number of halogens is 2. The predicted octanol–water partition coefficient (Wildman–Crippen LogP) is 3.78. The molecule has 2 rings (SSSR count). The van der Waals surface area contributed by atoms with Gasteiger partial charge in [-0.1, -0.05) is 47.5 Å². The second kappa shape index (κ2) is 6.92. The van der Waals surface area contributed by atoms with Crippen LogP contribution in [-0.4, -0.2) is 5.11 Å². The van der Waals surface area contributed by atoms with Crippen molar-refractivity contribution < 1.29 is 5.11 Å². The molecular formula is C15H15Cl2NO. The molecule has 0 spiro atoms. The fourth-order valence-electron chi connectivity index (χ4n) is 1.78. The van der Waals surface area contributed by atoms with Crippen molar-refractivity contribution in [3.8, 4) is 0 Å². The summed E-state index contributed by atoms with van der Waals surface area (Å²) >= 11 is 12.0. The van der Waals surface area contributed by atoms with E-state index in [1.807, 2.05) is 30.3 Å². The van der Waals surface area contributed by atoms with Crippen LogP contribution in [0.4, 0.5) is 0 Å². The van der Waals surface area contributed by atoms with Gasteiger partial charge in [-0.05, 0) is 34.9 Å². The summed E-state index contributed by atoms with van der Waals surface area (Å²) in [6, 6.07) is 13.3. The zero-order chi connectivity index (χ0) is 13.7. The molecule has 2 nitrogen and oxygen atoms in total. The van der Waals surface area contributed by atoms with Gasteiger partial charge >= 0.3 is 0 Å². The zero-order valence-electron chi connectivity index (χ0n) is 10.4. The van der Waals surface area contributed by atoms with Crippen LogP contribution in [0.5, 0.6) is 0 Å². The largest absolute Gasteiger partial charge is 0.392 e. The van der Waals surface area contributed by atoms with Gasteiger partial charge in [-0.15, -0.1) is 0 Å². The van der Waals surface area contributed by atoms with Crippen LogP contribution >= 0.6 is 23.2 Å². The number of nitrogens with one attached hydrogen (secondary N) is 1. The molecule has 2 aromatic carbocycles. The van der Waals surface area contributed by atoms with E-state index < -0.39 is 0 Å². The minimum Gasteiger partial charge on any atom is -0.392 e. The van der Waals surface area contributed by atoms with Crippen molar-refractivity contribution in [1.29, 1.82) is 0 Å². The first-order valence-electron chi connectivity index (χ1n) is 6.02. The van der Waals surface area contributed by atoms with Gasteiger partial charge < -0.3 is 10.4 Å². The molecule has 0 fully saturated rings. The molecule has 0 atom stereocenters. The van der Waals surface area contributed by atoms with Crippen molar-refractivity contribution in [3.63, 3.8) is 0 Å². The Kier molecular flexibility index (Phi) is 5.23. The first-order valence-corrected chi connectivity index (χ1v) is 6.78. The highest BCUT2D eigenvalue weighted by molar-refractivity contribution is 6.33. The number of hydrogen-bond acceptors (Lipinski definition) is 2. The third-order valence-electron chi connectivity index (χ3n) is 2.86. The molecule has 0 aliphatic heterocycles. The van der Waals surface area contributed by atoms with E-state index in [1.54, 1.807) is 12.1 Å². The Bertz CT molecular complexity index is 540. The molecule has 0 unspecified atom stereocenters. The Balaban J connectivity index is 1.90. The lowest BCUT2D eigenvalue weighted by molar-refractivity contribution is 0.282. The molecule has 0 bridgehead atoms. The van der Waals surface area contributed by atoms with E-state index in [2.05, 4.69) is 5.32 Å². The molecule has 0 aromatic heterocycles. The van der Waals surface area contributed by atoms with E-state index in [4.69, 9.17) is 28.3 Å². The highest BCUT2D eigenvalue weighted by Gasteiger charge is 2.01. The van der Waals surface area contributed by atoms with Crippen molar-refractivity contribution >= 4 is 23.2 Å². The van der Waals surface area contributed by atoms with Gasteiger partial charge in [0.25, 0.3) is 0 Å². The van der Waals surface area contributed by atoms with E-state index in [0.29, 0.717) is 16.6 Å². The van der Waals surface area contributed by atoms with Crippen molar-refractivity contribution in [2.45, 2.75) is 19.7 Å². The molecule has 2 N–H and O–H groups in total. The van der Waals surface area contributed by atoms with Crippen molar-refractivity contribution in [2.24, 2.45) is 0 Å². The van der Waals surface area contributed by atoms with Crippen LogP contribution in [0.3, 0.4) is 0 Å². The molecule has 2 aromatic rings. The summed E-state index contributed by atoms with van der Waals surface area (Å²) in [6.45, 7) is 1.49. The number of benzene rings is 2. The van der Waals surface area contributed by atoms with Crippen LogP contribution < -0.4 is 5.32 Å². The molecular weight excluding hydrogens is 281 g/mol. The normalized spacial score (nSPS) is 10.7. The van der Waals surface area contributed by atoms with E-state index in [0.717, 1.165) is 23.2 Å². The summed E-state index contributed by atoms with van der Waals surface area (Å²) < 4.78 is 0. The minimum atomic E-state index is 0.0752. The SMILES string of the molecule is OCc1ccc(CNCc2cc(Cl)ccc2Cl)cc1. The Hall–Kier alpha value is -1.06. The summed E-state index contributed by atoms with van der Waals surface area (Å²) in [6.07, 6.45) is 0. The molecule has 0 aliphatic carbocycles. The maximum atomic E-state index is 8.97. The molecule has 0 radical (unpaired) electrons. The van der Waals surface area contributed by atoms with E-state index in [1.165, 1.54) is 0 Å². The fourth-order valence-corrected chi connectivity index (χ4v) is 2.16. The van der Waals surface area contributed by atoms with Crippen LogP contribution in [0.15, 0.2) is 42.5 Å². The van der Waals surface area contributed by atoms with Gasteiger partial charge in [-0.2, -0.15) is 0 Å². The molecule has 100 valence electrons. The summed E-state index contributed by atoms with van der Waals surface area (Å²) in [7, 11) is 0. The summed E-state index contributed by atoms with van der Waals surface area (Å²) in [4.78, 5) is 0. The van der Waals surface area contributed by atoms with Crippen LogP contribution in [0.1, 0.15) is 16.7 Å². The van der Waals surface area contributed by atoms with E-state index in [-0.39, 0.29) is 6.61 Å². The van der Waals surface area contributed by atoms with Gasteiger partial charge in [0.2, 0.25) is 0 Å². The Labute approximate surface area is 123 Å². The maximum absolute atomic E-state index is 8.97. The number of aliphatic hydroxyl groups excluding tert-OH is 1. The maximum Gasteiger partial charge on any atom is 0.0681 e. The lowest BCUT2D eigenvalue weighted by atomic mass is 10.1. The van der Waals surface area contributed by atoms with Crippen LogP contribution in [0, 0.1) is 0 Å². The van der Waals surface area contributed by atoms with Crippen molar-refractivity contribution in [1.82, 2.24) is 5.32 Å². The fraction of sp³-hybridized carbons (Fsp3) is 0.200. The molecule has 0 amide bonds. The third kappa shape index (κ3) is 4.22. The summed E-state index contributed by atoms with van der Waals surface area (Å²) in [5, 5.41) is 13.7. The number of rotatable bonds is 5. The monoisotopic (exact) mass is 295 g/mol. The smallest absolute Gasteiger partial charge is 0.0681 e. The van der Waals surface area contributed by atoms with Gasteiger partial charge in [0, 0.05) is 23.1 Å². The molecule has 19 heavy (non-hydrogen) atoms. The Morgan fingerprint density at radius 1 is 0.895 bits per heavy atom. The lowest BCUT2D eigenvalue weighted by Crippen LogP contribution is -2.13. The predicted molar refractivity (Wildman–Crippen MR) is 79.4 cm³/mol. The summed E-state index contributed by atoms with van der Waals surface area (Å²) in [5.74, 6) is 0. The van der Waals surface area contributed by atoms with Gasteiger partial charge in [0.1, 0.15) is 0 Å². The average Bonchev–Trinajstić information content (AvgIpc) is 2.43. The van der Waals surface area contributed by atoms with Gasteiger partial charge in [-0.25, -0.2) is 0 Å². The average molecular weight is 296 g/mol. The molecule has 0 aliphatic rings. The quantitative estimate of drug-likeness (QED) is 0.880. The highest BCUT2D eigenvalue weighted by atomic mass is 35.5. The highest BCUT2D eigenvalue weighted by Crippen LogP contribution is 2.20. The van der Waals surface area contributed by atoms with Crippen LogP contribution in [0.2, 0.25) is 10.0 Å². The standard InChI is InChI=1S/C15H15Cl2NO/c16-14-5-6-15(17)13(7-14)9-18-8-11-1-3-12(10-19)4-2-11/h1-7,18-19H,8-10H2. The first-order chi connectivity index (χ1) is 9.19. The minimum absolute atomic E-state index is 0.0752. The molecule has 4 heteroatoms. The molecule has 0 saturated heterocycles.